The summed E-state index contributed by atoms with van der Waals surface area (Å²) in [6.07, 6.45) is 1.49. The first-order chi connectivity index (χ1) is 18.2. The molecule has 0 aliphatic rings. The molecule has 8 heteroatoms. The summed E-state index contributed by atoms with van der Waals surface area (Å²) in [5, 5.41) is 2.64. The van der Waals surface area contributed by atoms with Crippen molar-refractivity contribution >= 4 is 51.4 Å². The quantitative estimate of drug-likeness (QED) is 0.189. The second-order valence-corrected chi connectivity index (χ2v) is 9.76. The first kappa shape index (κ1) is 27.2. The highest BCUT2D eigenvalue weighted by Crippen LogP contribution is 2.32. The smallest absolute Gasteiger partial charge is 0.339 e. The molecule has 0 saturated heterocycles. The number of esters is 1. The van der Waals surface area contributed by atoms with Crippen LogP contribution >= 0.6 is 23.2 Å². The number of nitrogens with zero attached hydrogens (tertiary/aromatic N) is 1. The lowest BCUT2D eigenvalue weighted by Gasteiger charge is -2.16. The minimum atomic E-state index is -0.431. The van der Waals surface area contributed by atoms with E-state index in [9.17, 15) is 9.59 Å². The molecule has 0 spiro atoms. The van der Waals surface area contributed by atoms with E-state index in [4.69, 9.17) is 38.4 Å². The fraction of sp³-hybridized carbons (Fsp3) is 0.167. The predicted molar refractivity (Wildman–Crippen MR) is 151 cm³/mol. The van der Waals surface area contributed by atoms with Crippen LogP contribution in [0.2, 0.25) is 10.0 Å². The number of aromatic nitrogens is 1. The molecule has 0 fully saturated rings. The van der Waals surface area contributed by atoms with Crippen LogP contribution in [-0.4, -0.2) is 30.5 Å². The van der Waals surface area contributed by atoms with Gasteiger partial charge >= 0.3 is 5.97 Å². The first-order valence-corrected chi connectivity index (χ1v) is 12.6. The van der Waals surface area contributed by atoms with Crippen LogP contribution in [0.5, 0.6) is 5.75 Å². The summed E-state index contributed by atoms with van der Waals surface area (Å²) in [5.41, 5.74) is 9.38. The highest BCUT2D eigenvalue weighted by Gasteiger charge is 2.22. The standard InChI is InChI=1S/C30H26Cl2N2O4/c1-17(2)29(35)23(28(33)27-24(31)5-4-6-25(27)32)16-38-22-11-9-18-13-20(8-7-19(18)14-22)26-12-10-21(15-34-26)30(36)37-3/h4-15,17H,16,33H2,1-3H3/b28-23-. The van der Waals surface area contributed by atoms with Gasteiger partial charge in [0.2, 0.25) is 0 Å². The maximum atomic E-state index is 13.0. The highest BCUT2D eigenvalue weighted by atomic mass is 35.5. The Hall–Kier alpha value is -3.87. The molecule has 194 valence electrons. The molecule has 3 aromatic carbocycles. The lowest BCUT2D eigenvalue weighted by molar-refractivity contribution is -0.118. The summed E-state index contributed by atoms with van der Waals surface area (Å²) in [5.74, 6) is -0.286. The Kier molecular flexibility index (Phi) is 8.35. The van der Waals surface area contributed by atoms with Gasteiger partial charge < -0.3 is 15.2 Å². The number of carbonyl (C=O) groups excluding carboxylic acids is 2. The van der Waals surface area contributed by atoms with Gasteiger partial charge in [-0.1, -0.05) is 61.3 Å². The van der Waals surface area contributed by atoms with E-state index in [0.29, 0.717) is 32.5 Å². The minimum Gasteiger partial charge on any atom is -0.489 e. The zero-order valence-electron chi connectivity index (χ0n) is 21.1. The van der Waals surface area contributed by atoms with Crippen molar-refractivity contribution in [2.75, 3.05) is 13.7 Å². The number of carbonyl (C=O) groups is 2. The Balaban J connectivity index is 1.59. The largest absolute Gasteiger partial charge is 0.489 e. The van der Waals surface area contributed by atoms with Gasteiger partial charge in [-0.2, -0.15) is 0 Å². The van der Waals surface area contributed by atoms with E-state index >= 15 is 0 Å². The molecule has 0 saturated carbocycles. The zero-order valence-corrected chi connectivity index (χ0v) is 22.6. The summed E-state index contributed by atoms with van der Waals surface area (Å²) >= 11 is 12.7. The minimum absolute atomic E-state index is 0.0372. The van der Waals surface area contributed by atoms with Crippen LogP contribution in [0, 0.1) is 5.92 Å². The number of rotatable bonds is 8. The van der Waals surface area contributed by atoms with Crippen molar-refractivity contribution in [3.63, 3.8) is 0 Å². The van der Waals surface area contributed by atoms with E-state index in [1.807, 2.05) is 36.4 Å². The Morgan fingerprint density at radius 1 is 0.947 bits per heavy atom. The maximum absolute atomic E-state index is 13.0. The van der Waals surface area contributed by atoms with Gasteiger partial charge in [-0.05, 0) is 53.2 Å². The maximum Gasteiger partial charge on any atom is 0.339 e. The van der Waals surface area contributed by atoms with Crippen LogP contribution in [0.1, 0.15) is 29.8 Å². The zero-order chi connectivity index (χ0) is 27.4. The summed E-state index contributed by atoms with van der Waals surface area (Å²) in [4.78, 5) is 29.1. The number of ether oxygens (including phenoxy) is 2. The van der Waals surface area contributed by atoms with Gasteiger partial charge in [-0.3, -0.25) is 9.78 Å². The van der Waals surface area contributed by atoms with Gasteiger partial charge in [0.05, 0.1) is 39.7 Å². The summed E-state index contributed by atoms with van der Waals surface area (Å²) in [6.45, 7) is 3.56. The van der Waals surface area contributed by atoms with E-state index in [1.165, 1.54) is 13.3 Å². The van der Waals surface area contributed by atoms with Crippen LogP contribution in [0.15, 0.2) is 78.5 Å². The van der Waals surface area contributed by atoms with E-state index < -0.39 is 5.97 Å². The van der Waals surface area contributed by atoms with Crippen molar-refractivity contribution in [2.45, 2.75) is 13.8 Å². The topological polar surface area (TPSA) is 91.5 Å². The average Bonchev–Trinajstić information content (AvgIpc) is 2.92. The molecule has 38 heavy (non-hydrogen) atoms. The Bertz CT molecular complexity index is 1530. The second kappa shape index (κ2) is 11.7. The molecule has 0 aliphatic heterocycles. The Labute approximate surface area is 231 Å². The fourth-order valence-corrected chi connectivity index (χ4v) is 4.57. The number of fused-ring (bicyclic) bond motifs is 1. The molecule has 0 amide bonds. The van der Waals surface area contributed by atoms with E-state index in [0.717, 1.165) is 22.0 Å². The SMILES string of the molecule is COC(=O)c1ccc(-c2ccc3cc(OC/C(C(=O)C(C)C)=C(/N)c4c(Cl)cccc4Cl)ccc3c2)nc1. The molecule has 1 heterocycles. The lowest BCUT2D eigenvalue weighted by atomic mass is 9.97. The van der Waals surface area contributed by atoms with Crippen molar-refractivity contribution in [2.24, 2.45) is 11.7 Å². The number of Topliss-reactive ketones (excluding diaryl/α,β-unsaturated/α-hetero) is 1. The molecular formula is C30H26Cl2N2O4. The molecule has 1 aromatic heterocycles. The van der Waals surface area contributed by atoms with Crippen LogP contribution in [-0.2, 0) is 9.53 Å². The molecule has 0 unspecified atom stereocenters. The number of benzene rings is 3. The van der Waals surface area contributed by atoms with Crippen molar-refractivity contribution in [3.8, 4) is 17.0 Å². The molecule has 4 aromatic rings. The second-order valence-electron chi connectivity index (χ2n) is 8.94. The van der Waals surface area contributed by atoms with Crippen molar-refractivity contribution in [1.82, 2.24) is 4.98 Å². The lowest BCUT2D eigenvalue weighted by Crippen LogP contribution is -2.21. The third-order valence-electron chi connectivity index (χ3n) is 6.05. The van der Waals surface area contributed by atoms with E-state index in [2.05, 4.69) is 4.98 Å². The monoisotopic (exact) mass is 548 g/mol. The Morgan fingerprint density at radius 3 is 2.26 bits per heavy atom. The number of ketones is 1. The van der Waals surface area contributed by atoms with E-state index in [-0.39, 0.29) is 24.0 Å². The number of nitrogens with two attached hydrogens (primary N) is 1. The molecular weight excluding hydrogens is 523 g/mol. The average molecular weight is 549 g/mol. The number of pyridine rings is 1. The summed E-state index contributed by atoms with van der Waals surface area (Å²) in [6, 6.07) is 20.1. The van der Waals surface area contributed by atoms with Gasteiger partial charge in [0.1, 0.15) is 12.4 Å². The van der Waals surface area contributed by atoms with Crippen molar-refractivity contribution < 1.29 is 19.1 Å². The fourth-order valence-electron chi connectivity index (χ4n) is 3.97. The van der Waals surface area contributed by atoms with Gasteiger partial charge in [-0.15, -0.1) is 0 Å². The molecule has 4 rings (SSSR count). The first-order valence-electron chi connectivity index (χ1n) is 11.9. The molecule has 0 aliphatic carbocycles. The highest BCUT2D eigenvalue weighted by molar-refractivity contribution is 6.37. The predicted octanol–water partition coefficient (Wildman–Crippen LogP) is 6.97. The number of halogens is 2. The molecule has 0 atom stereocenters. The number of methoxy groups -OCH3 is 1. The molecule has 6 nitrogen and oxygen atoms in total. The van der Waals surface area contributed by atoms with Crippen molar-refractivity contribution in [1.29, 1.82) is 0 Å². The van der Waals surface area contributed by atoms with E-state index in [1.54, 1.807) is 44.2 Å². The van der Waals surface area contributed by atoms with Gasteiger partial charge in [-0.25, -0.2) is 4.79 Å². The number of hydrogen-bond acceptors (Lipinski definition) is 6. The van der Waals surface area contributed by atoms with Gasteiger partial charge in [0.15, 0.2) is 5.78 Å². The molecule has 0 radical (unpaired) electrons. The normalized spacial score (nSPS) is 11.8. The summed E-state index contributed by atoms with van der Waals surface area (Å²) < 4.78 is 10.8. The van der Waals surface area contributed by atoms with Crippen LogP contribution in [0.4, 0.5) is 0 Å². The van der Waals surface area contributed by atoms with Crippen LogP contribution < -0.4 is 10.5 Å². The molecule has 2 N–H and O–H groups in total. The Morgan fingerprint density at radius 2 is 1.63 bits per heavy atom. The third-order valence-corrected chi connectivity index (χ3v) is 6.68. The summed E-state index contributed by atoms with van der Waals surface area (Å²) in [7, 11) is 1.33. The third kappa shape index (κ3) is 5.82. The molecule has 0 bridgehead atoms. The van der Waals surface area contributed by atoms with Gasteiger partial charge in [0, 0.05) is 23.2 Å². The van der Waals surface area contributed by atoms with Crippen molar-refractivity contribution in [3.05, 3.63) is 99.7 Å². The number of hydrogen-bond donors (Lipinski definition) is 1. The van der Waals surface area contributed by atoms with Gasteiger partial charge in [0.25, 0.3) is 0 Å². The van der Waals surface area contributed by atoms with Crippen LogP contribution in [0.3, 0.4) is 0 Å². The van der Waals surface area contributed by atoms with Crippen LogP contribution in [0.25, 0.3) is 27.7 Å².